The lowest BCUT2D eigenvalue weighted by atomic mass is 10.0. The van der Waals surface area contributed by atoms with Crippen molar-refractivity contribution in [2.45, 2.75) is 26.3 Å². The minimum Gasteiger partial charge on any atom is -0.496 e. The summed E-state index contributed by atoms with van der Waals surface area (Å²) in [4.78, 5) is 42.3. The molecule has 174 valence electrons. The van der Waals surface area contributed by atoms with Gasteiger partial charge in [-0.15, -0.1) is 0 Å². The van der Waals surface area contributed by atoms with Crippen LogP contribution in [0.2, 0.25) is 5.15 Å². The molecule has 0 spiro atoms. The Morgan fingerprint density at radius 1 is 1.15 bits per heavy atom. The fraction of sp³-hybridized carbons (Fsp3) is 0.292. The van der Waals surface area contributed by atoms with Crippen LogP contribution in [-0.2, 0) is 6.54 Å². The number of hydrogen-bond acceptors (Lipinski definition) is 8. The van der Waals surface area contributed by atoms with Crippen molar-refractivity contribution in [2.24, 2.45) is 0 Å². The number of pyridine rings is 1. The number of methoxy groups -OCH3 is 1. The predicted molar refractivity (Wildman–Crippen MR) is 127 cm³/mol. The average Bonchev–Trinajstić information content (AvgIpc) is 3.26. The molecule has 5 rings (SSSR count). The average molecular weight is 479 g/mol. The predicted octanol–water partition coefficient (Wildman–Crippen LogP) is 3.13. The van der Waals surface area contributed by atoms with Gasteiger partial charge in [-0.1, -0.05) is 23.7 Å². The number of anilines is 2. The Labute approximate surface area is 201 Å². The summed E-state index contributed by atoms with van der Waals surface area (Å²) in [6, 6.07) is 6.83. The highest BCUT2D eigenvalue weighted by Gasteiger charge is 2.41. The number of nitrogens with two attached hydrogens (primary N) is 1. The Bertz CT molecular complexity index is 1310. The molecule has 1 atom stereocenters. The van der Waals surface area contributed by atoms with Crippen LogP contribution in [0.4, 0.5) is 11.8 Å². The molecule has 1 aromatic carbocycles. The number of carbonyl (C=O) groups excluding carboxylic acids is 2. The highest BCUT2D eigenvalue weighted by Crippen LogP contribution is 2.41. The second-order valence-corrected chi connectivity index (χ2v) is 8.86. The van der Waals surface area contributed by atoms with Crippen molar-refractivity contribution in [2.75, 3.05) is 30.8 Å². The Morgan fingerprint density at radius 2 is 1.82 bits per heavy atom. The van der Waals surface area contributed by atoms with Gasteiger partial charge in [0.1, 0.15) is 16.7 Å². The Balaban J connectivity index is 1.48. The number of aromatic nitrogens is 3. The van der Waals surface area contributed by atoms with Crippen molar-refractivity contribution in [1.29, 1.82) is 0 Å². The highest BCUT2D eigenvalue weighted by molar-refractivity contribution is 6.30. The largest absolute Gasteiger partial charge is 0.496 e. The molecule has 2 aliphatic heterocycles. The van der Waals surface area contributed by atoms with Crippen molar-refractivity contribution in [3.8, 4) is 5.75 Å². The summed E-state index contributed by atoms with van der Waals surface area (Å²) >= 11 is 6.50. The Kier molecular flexibility index (Phi) is 5.36. The lowest BCUT2D eigenvalue weighted by molar-refractivity contribution is 0.0646. The first kappa shape index (κ1) is 22.1. The SMILES string of the molecule is COc1c(C)cnc(CN2CC(CN3C(=O)c4ccccc4C3=O)c3c(Cl)nc(N)nc32)c1C. The van der Waals surface area contributed by atoms with E-state index in [2.05, 4.69) is 15.0 Å². The summed E-state index contributed by atoms with van der Waals surface area (Å²) in [5.41, 5.74) is 10.1. The molecule has 0 fully saturated rings. The van der Waals surface area contributed by atoms with Crippen LogP contribution in [0.3, 0.4) is 0 Å². The molecule has 2 aromatic heterocycles. The molecule has 3 aromatic rings. The van der Waals surface area contributed by atoms with Crippen LogP contribution in [-0.4, -0.2) is 51.9 Å². The molecule has 2 N–H and O–H groups in total. The molecule has 34 heavy (non-hydrogen) atoms. The number of carbonyl (C=O) groups is 2. The Hall–Kier alpha value is -3.72. The number of ether oxygens (including phenoxy) is 1. The number of aryl methyl sites for hydroxylation is 1. The monoisotopic (exact) mass is 478 g/mol. The molecule has 0 radical (unpaired) electrons. The number of halogens is 1. The molecule has 0 bridgehead atoms. The van der Waals surface area contributed by atoms with Crippen molar-refractivity contribution in [3.63, 3.8) is 0 Å². The quantitative estimate of drug-likeness (QED) is 0.439. The van der Waals surface area contributed by atoms with Crippen LogP contribution < -0.4 is 15.4 Å². The number of nitrogens with zero attached hydrogens (tertiary/aromatic N) is 5. The summed E-state index contributed by atoms with van der Waals surface area (Å²) in [5, 5.41) is 0.220. The lowest BCUT2D eigenvalue weighted by Gasteiger charge is -2.22. The number of amides is 2. The van der Waals surface area contributed by atoms with E-state index in [1.54, 1.807) is 37.6 Å². The van der Waals surface area contributed by atoms with Gasteiger partial charge >= 0.3 is 0 Å². The third-order valence-corrected chi connectivity index (χ3v) is 6.70. The molecule has 0 saturated heterocycles. The zero-order valence-corrected chi connectivity index (χ0v) is 19.8. The van der Waals surface area contributed by atoms with Crippen LogP contribution in [0.1, 0.15) is 49.0 Å². The first-order valence-electron chi connectivity index (χ1n) is 10.8. The normalized spacial score (nSPS) is 16.8. The topological polar surface area (TPSA) is 115 Å². The van der Waals surface area contributed by atoms with E-state index in [0.29, 0.717) is 35.6 Å². The number of imide groups is 1. The number of benzene rings is 1. The molecule has 0 aliphatic carbocycles. The summed E-state index contributed by atoms with van der Waals surface area (Å²) in [7, 11) is 1.63. The molecule has 2 aliphatic rings. The molecular formula is C24H23ClN6O3. The first-order valence-corrected chi connectivity index (χ1v) is 11.2. The van der Waals surface area contributed by atoms with Crippen LogP contribution in [0.25, 0.3) is 0 Å². The van der Waals surface area contributed by atoms with Gasteiger partial charge in [0.25, 0.3) is 11.8 Å². The zero-order chi connectivity index (χ0) is 24.1. The maximum absolute atomic E-state index is 12.9. The van der Waals surface area contributed by atoms with Gasteiger partial charge in [-0.2, -0.15) is 4.98 Å². The molecule has 9 nitrogen and oxygen atoms in total. The van der Waals surface area contributed by atoms with E-state index in [0.717, 1.165) is 22.6 Å². The summed E-state index contributed by atoms with van der Waals surface area (Å²) in [6.45, 7) is 4.97. The standard InChI is InChI=1S/C24H23ClN6O3/c1-12-8-27-17(13(2)19(12)34-3)11-30-9-14(18-20(25)28-24(26)29-21(18)30)10-31-22(32)15-6-4-5-7-16(15)23(31)33/h4-8,14H,9-11H2,1-3H3,(H2,26,28,29). The smallest absolute Gasteiger partial charge is 0.261 e. The van der Waals surface area contributed by atoms with E-state index in [4.69, 9.17) is 22.1 Å². The second-order valence-electron chi connectivity index (χ2n) is 8.50. The summed E-state index contributed by atoms with van der Waals surface area (Å²) in [5.74, 6) is 0.522. The highest BCUT2D eigenvalue weighted by atomic mass is 35.5. The van der Waals surface area contributed by atoms with Gasteiger partial charge in [0.2, 0.25) is 5.95 Å². The van der Waals surface area contributed by atoms with Crippen molar-refractivity contribution in [3.05, 3.63) is 69.1 Å². The Morgan fingerprint density at radius 3 is 2.47 bits per heavy atom. The van der Waals surface area contributed by atoms with Crippen LogP contribution in [0.5, 0.6) is 5.75 Å². The third kappa shape index (κ3) is 3.43. The van der Waals surface area contributed by atoms with Gasteiger partial charge in [-0.3, -0.25) is 19.5 Å². The van der Waals surface area contributed by atoms with Gasteiger partial charge in [-0.05, 0) is 26.0 Å². The van der Waals surface area contributed by atoms with Gasteiger partial charge in [0.05, 0.1) is 30.5 Å². The van der Waals surface area contributed by atoms with E-state index < -0.39 is 0 Å². The van der Waals surface area contributed by atoms with Crippen LogP contribution >= 0.6 is 11.6 Å². The fourth-order valence-electron chi connectivity index (χ4n) is 4.81. The maximum Gasteiger partial charge on any atom is 0.261 e. The second kappa shape index (κ2) is 8.25. The zero-order valence-electron chi connectivity index (χ0n) is 19.0. The molecule has 10 heteroatoms. The van der Waals surface area contributed by atoms with Crippen LogP contribution in [0, 0.1) is 13.8 Å². The minimum atomic E-state index is -0.311. The van der Waals surface area contributed by atoms with Gasteiger partial charge in [0, 0.05) is 41.9 Å². The molecule has 4 heterocycles. The van der Waals surface area contributed by atoms with Gasteiger partial charge in [-0.25, -0.2) is 4.98 Å². The number of fused-ring (bicyclic) bond motifs is 2. The summed E-state index contributed by atoms with van der Waals surface area (Å²) < 4.78 is 5.55. The number of hydrogen-bond donors (Lipinski definition) is 1. The minimum absolute atomic E-state index is 0.0568. The van der Waals surface area contributed by atoms with Crippen molar-refractivity contribution in [1.82, 2.24) is 19.9 Å². The summed E-state index contributed by atoms with van der Waals surface area (Å²) in [6.07, 6.45) is 1.77. The van der Waals surface area contributed by atoms with Crippen molar-refractivity contribution < 1.29 is 14.3 Å². The van der Waals surface area contributed by atoms with Crippen molar-refractivity contribution >= 4 is 35.2 Å². The molecule has 2 amide bonds. The van der Waals surface area contributed by atoms with E-state index in [1.165, 1.54) is 4.90 Å². The van der Waals surface area contributed by atoms with Gasteiger partial charge in [0.15, 0.2) is 0 Å². The maximum atomic E-state index is 12.9. The van der Waals surface area contributed by atoms with Crippen LogP contribution in [0.15, 0.2) is 30.5 Å². The lowest BCUT2D eigenvalue weighted by Crippen LogP contribution is -2.35. The van der Waals surface area contributed by atoms with E-state index >= 15 is 0 Å². The number of nitrogen functional groups attached to an aromatic ring is 1. The molecule has 1 unspecified atom stereocenters. The van der Waals surface area contributed by atoms with E-state index in [9.17, 15) is 9.59 Å². The van der Waals surface area contributed by atoms with Gasteiger partial charge < -0.3 is 15.4 Å². The third-order valence-electron chi connectivity index (χ3n) is 6.42. The fourth-order valence-corrected chi connectivity index (χ4v) is 5.13. The van der Waals surface area contributed by atoms with E-state index in [-0.39, 0.29) is 35.4 Å². The van der Waals surface area contributed by atoms with E-state index in [1.807, 2.05) is 18.7 Å². The molecule has 0 saturated carbocycles. The first-order chi connectivity index (χ1) is 16.3. The number of rotatable bonds is 5. The molecular weight excluding hydrogens is 456 g/mol.